The van der Waals surface area contributed by atoms with Crippen LogP contribution in [0.1, 0.15) is 51.0 Å². The summed E-state index contributed by atoms with van der Waals surface area (Å²) in [6.07, 6.45) is 7.02. The molecule has 1 aromatic carbocycles. The van der Waals surface area contributed by atoms with Gasteiger partial charge in [0.05, 0.1) is 5.41 Å². The van der Waals surface area contributed by atoms with Crippen molar-refractivity contribution >= 4 is 17.7 Å². The van der Waals surface area contributed by atoms with Gasteiger partial charge < -0.3 is 5.11 Å². The first-order valence-electron chi connectivity index (χ1n) is 8.11. The summed E-state index contributed by atoms with van der Waals surface area (Å²) in [5.41, 5.74) is 0.925. The summed E-state index contributed by atoms with van der Waals surface area (Å²) in [7, 11) is 0. The lowest BCUT2D eigenvalue weighted by molar-refractivity contribution is -0.152. The van der Waals surface area contributed by atoms with E-state index in [4.69, 9.17) is 0 Å². The van der Waals surface area contributed by atoms with Gasteiger partial charge in [0.2, 0.25) is 0 Å². The van der Waals surface area contributed by atoms with Crippen molar-refractivity contribution in [2.24, 2.45) is 11.3 Å². The summed E-state index contributed by atoms with van der Waals surface area (Å²) in [5.74, 6) is 0.0424. The number of rotatable bonds is 4. The van der Waals surface area contributed by atoms with Gasteiger partial charge in [-0.15, -0.1) is 11.8 Å². The van der Waals surface area contributed by atoms with E-state index in [9.17, 15) is 9.90 Å². The monoisotopic (exact) mass is 304 g/mol. The summed E-state index contributed by atoms with van der Waals surface area (Å²) >= 11 is 1.89. The molecule has 1 saturated carbocycles. The lowest BCUT2D eigenvalue weighted by atomic mass is 9.66. The van der Waals surface area contributed by atoms with Crippen LogP contribution in [-0.2, 0) is 11.2 Å². The lowest BCUT2D eigenvalue weighted by Crippen LogP contribution is -2.38. The Labute approximate surface area is 131 Å². The van der Waals surface area contributed by atoms with Crippen molar-refractivity contribution in [3.63, 3.8) is 0 Å². The molecule has 0 aromatic heterocycles. The van der Waals surface area contributed by atoms with Gasteiger partial charge in [0, 0.05) is 10.1 Å². The normalized spacial score (nSPS) is 31.9. The Morgan fingerprint density at radius 3 is 2.95 bits per heavy atom. The zero-order valence-corrected chi connectivity index (χ0v) is 13.5. The van der Waals surface area contributed by atoms with Gasteiger partial charge in [-0.1, -0.05) is 44.4 Å². The number of hydrogen-bond donors (Lipinski definition) is 1. The molecule has 1 heterocycles. The third-order valence-electron chi connectivity index (χ3n) is 5.31. The molecule has 2 aliphatic rings. The molecule has 3 heteroatoms. The Morgan fingerprint density at radius 2 is 2.24 bits per heavy atom. The van der Waals surface area contributed by atoms with Crippen molar-refractivity contribution in [2.75, 3.05) is 0 Å². The highest BCUT2D eigenvalue weighted by atomic mass is 32.2. The van der Waals surface area contributed by atoms with Crippen molar-refractivity contribution in [2.45, 2.75) is 62.0 Å². The molecule has 21 heavy (non-hydrogen) atoms. The highest BCUT2D eigenvalue weighted by Gasteiger charge is 2.44. The second-order valence-electron chi connectivity index (χ2n) is 6.71. The molecule has 3 unspecified atom stereocenters. The average Bonchev–Trinajstić information content (AvgIpc) is 2.89. The standard InChI is InChI=1S/C18H24O2S/c1-2-13-6-5-9-18(11-13,17(19)20)12-15-10-14-7-3-4-8-16(14)21-15/h3-4,7-8,13,15H,2,5-6,9-12H2,1H3,(H,19,20). The molecule has 0 saturated heterocycles. The molecule has 0 amide bonds. The van der Waals surface area contributed by atoms with Crippen LogP contribution in [0.4, 0.5) is 0 Å². The highest BCUT2D eigenvalue weighted by molar-refractivity contribution is 8.00. The molecular formula is C18H24O2S. The van der Waals surface area contributed by atoms with Gasteiger partial charge in [0.15, 0.2) is 0 Å². The molecule has 3 atom stereocenters. The minimum atomic E-state index is -0.558. The fourth-order valence-electron chi connectivity index (χ4n) is 4.10. The van der Waals surface area contributed by atoms with Gasteiger partial charge in [-0.2, -0.15) is 0 Å². The van der Waals surface area contributed by atoms with Gasteiger partial charge in [0.1, 0.15) is 0 Å². The SMILES string of the molecule is CCC1CCCC(CC2Cc3ccccc3S2)(C(=O)O)C1. The maximum atomic E-state index is 12.0. The largest absolute Gasteiger partial charge is 0.481 e. The zero-order valence-electron chi connectivity index (χ0n) is 12.7. The Kier molecular flexibility index (Phi) is 4.30. The van der Waals surface area contributed by atoms with Crippen LogP contribution in [0.3, 0.4) is 0 Å². The fourth-order valence-corrected chi connectivity index (χ4v) is 5.59. The summed E-state index contributed by atoms with van der Waals surface area (Å²) in [6.45, 7) is 2.20. The Bertz CT molecular complexity index is 503. The number of carbonyl (C=O) groups is 1. The van der Waals surface area contributed by atoms with Crippen molar-refractivity contribution in [1.82, 2.24) is 0 Å². The zero-order chi connectivity index (χ0) is 14.9. The number of carboxylic acids is 1. The van der Waals surface area contributed by atoms with Crippen LogP contribution in [-0.4, -0.2) is 16.3 Å². The number of fused-ring (bicyclic) bond motifs is 1. The van der Waals surface area contributed by atoms with Gasteiger partial charge in [-0.3, -0.25) is 4.79 Å². The van der Waals surface area contributed by atoms with Crippen LogP contribution >= 0.6 is 11.8 Å². The van der Waals surface area contributed by atoms with Gasteiger partial charge in [0.25, 0.3) is 0 Å². The first-order valence-corrected chi connectivity index (χ1v) is 8.99. The van der Waals surface area contributed by atoms with Gasteiger partial charge in [-0.25, -0.2) is 0 Å². The van der Waals surface area contributed by atoms with Crippen molar-refractivity contribution < 1.29 is 9.90 Å². The predicted molar refractivity (Wildman–Crippen MR) is 86.7 cm³/mol. The van der Waals surface area contributed by atoms with Crippen LogP contribution in [0, 0.1) is 11.3 Å². The molecule has 3 rings (SSSR count). The third kappa shape index (κ3) is 2.98. The molecule has 114 valence electrons. The van der Waals surface area contributed by atoms with E-state index in [1.165, 1.54) is 16.9 Å². The molecule has 0 radical (unpaired) electrons. The van der Waals surface area contributed by atoms with E-state index in [1.807, 2.05) is 11.8 Å². The van der Waals surface area contributed by atoms with E-state index in [1.54, 1.807) is 0 Å². The van der Waals surface area contributed by atoms with Gasteiger partial charge in [-0.05, 0) is 43.2 Å². The van der Waals surface area contributed by atoms with Gasteiger partial charge >= 0.3 is 5.97 Å². The predicted octanol–water partition coefficient (Wildman–Crippen LogP) is 4.76. The van der Waals surface area contributed by atoms with E-state index < -0.39 is 11.4 Å². The summed E-state index contributed by atoms with van der Waals surface area (Å²) in [4.78, 5) is 13.3. The molecule has 1 aliphatic heterocycles. The van der Waals surface area contributed by atoms with E-state index in [0.717, 1.165) is 38.5 Å². The summed E-state index contributed by atoms with van der Waals surface area (Å²) in [5, 5.41) is 10.3. The molecule has 1 aromatic rings. The fraction of sp³-hybridized carbons (Fsp3) is 0.611. The van der Waals surface area contributed by atoms with Crippen molar-refractivity contribution in [3.8, 4) is 0 Å². The Morgan fingerprint density at radius 1 is 1.43 bits per heavy atom. The van der Waals surface area contributed by atoms with Crippen LogP contribution in [0.15, 0.2) is 29.2 Å². The van der Waals surface area contributed by atoms with E-state index >= 15 is 0 Å². The summed E-state index contributed by atoms with van der Waals surface area (Å²) < 4.78 is 0. The van der Waals surface area contributed by atoms with Crippen molar-refractivity contribution in [1.29, 1.82) is 0 Å². The maximum absolute atomic E-state index is 12.0. The third-order valence-corrected chi connectivity index (χ3v) is 6.63. The first-order chi connectivity index (χ1) is 10.1. The highest BCUT2D eigenvalue weighted by Crippen LogP contribution is 2.49. The van der Waals surface area contributed by atoms with Crippen LogP contribution in [0.25, 0.3) is 0 Å². The molecule has 0 spiro atoms. The minimum absolute atomic E-state index is 0.439. The summed E-state index contributed by atoms with van der Waals surface area (Å²) in [6, 6.07) is 8.52. The number of carboxylic acid groups (broad SMARTS) is 1. The van der Waals surface area contributed by atoms with E-state index in [-0.39, 0.29) is 0 Å². The molecule has 0 bridgehead atoms. The topological polar surface area (TPSA) is 37.3 Å². The molecule has 2 nitrogen and oxygen atoms in total. The number of hydrogen-bond acceptors (Lipinski definition) is 2. The first kappa shape index (κ1) is 15.0. The second kappa shape index (κ2) is 6.04. The molecule has 1 aliphatic carbocycles. The minimum Gasteiger partial charge on any atom is -0.481 e. The van der Waals surface area contributed by atoms with Crippen LogP contribution < -0.4 is 0 Å². The molecular weight excluding hydrogens is 280 g/mol. The second-order valence-corrected chi connectivity index (χ2v) is 8.05. The number of aliphatic carboxylic acids is 1. The van der Waals surface area contributed by atoms with Crippen LogP contribution in [0.2, 0.25) is 0 Å². The molecule has 1 N–H and O–H groups in total. The maximum Gasteiger partial charge on any atom is 0.309 e. The quantitative estimate of drug-likeness (QED) is 0.871. The average molecular weight is 304 g/mol. The Hall–Kier alpha value is -0.960. The van der Waals surface area contributed by atoms with Crippen molar-refractivity contribution in [3.05, 3.63) is 29.8 Å². The number of thioether (sulfide) groups is 1. The van der Waals surface area contributed by atoms with E-state index in [2.05, 4.69) is 31.2 Å². The van der Waals surface area contributed by atoms with E-state index in [0.29, 0.717) is 11.2 Å². The molecule has 1 fully saturated rings. The lowest BCUT2D eigenvalue weighted by Gasteiger charge is -2.38. The number of benzene rings is 1. The Balaban J connectivity index is 1.74. The van der Waals surface area contributed by atoms with Crippen LogP contribution in [0.5, 0.6) is 0 Å². The smallest absolute Gasteiger partial charge is 0.309 e.